The van der Waals surface area contributed by atoms with Crippen LogP contribution < -0.4 is 5.32 Å². The molecule has 0 aliphatic carbocycles. The van der Waals surface area contributed by atoms with E-state index in [1.54, 1.807) is 0 Å². The fourth-order valence-electron chi connectivity index (χ4n) is 3.07. The number of hydrogen-bond donors (Lipinski definition) is 1. The Hall–Kier alpha value is -1.28. The molecule has 0 bridgehead atoms. The second-order valence-corrected chi connectivity index (χ2v) is 7.82. The molecule has 2 nitrogen and oxygen atoms in total. The van der Waals surface area contributed by atoms with Crippen molar-refractivity contribution in [3.8, 4) is 0 Å². The predicted molar refractivity (Wildman–Crippen MR) is 118 cm³/mol. The van der Waals surface area contributed by atoms with Crippen LogP contribution in [0.4, 0.5) is 0 Å². The molecular weight excluding hydrogens is 354 g/mol. The highest BCUT2D eigenvalue weighted by molar-refractivity contribution is 6.30. The first kappa shape index (κ1) is 23.8. The van der Waals surface area contributed by atoms with Gasteiger partial charge in [0.15, 0.2) is 0 Å². The number of rotatable bonds is 16. The molecular formula is C24H38ClNO. The summed E-state index contributed by atoms with van der Waals surface area (Å²) in [7, 11) is 0. The highest BCUT2D eigenvalue weighted by atomic mass is 35.5. The van der Waals surface area contributed by atoms with Gasteiger partial charge in [-0.05, 0) is 49.8 Å². The van der Waals surface area contributed by atoms with Crippen LogP contribution in [-0.2, 0) is 11.3 Å². The smallest absolute Gasteiger partial charge is 0.220 e. The molecule has 1 rings (SSSR count). The van der Waals surface area contributed by atoms with Crippen LogP contribution in [0, 0.1) is 0 Å². The first-order chi connectivity index (χ1) is 13.2. The summed E-state index contributed by atoms with van der Waals surface area (Å²) in [5, 5.41) is 3.70. The highest BCUT2D eigenvalue weighted by Crippen LogP contribution is 2.10. The van der Waals surface area contributed by atoms with E-state index in [4.69, 9.17) is 11.6 Å². The normalized spacial score (nSPS) is 11.2. The Morgan fingerprint density at radius 1 is 0.852 bits per heavy atom. The van der Waals surface area contributed by atoms with Crippen LogP contribution in [0.2, 0.25) is 5.02 Å². The van der Waals surface area contributed by atoms with E-state index in [2.05, 4.69) is 24.4 Å². The topological polar surface area (TPSA) is 29.1 Å². The van der Waals surface area contributed by atoms with Crippen molar-refractivity contribution < 1.29 is 4.79 Å². The zero-order chi connectivity index (χ0) is 19.6. The molecule has 1 aromatic carbocycles. The molecule has 1 aromatic rings. The number of halogens is 1. The molecule has 0 aromatic heterocycles. The number of carbonyl (C=O) groups excluding carboxylic acids is 1. The molecule has 0 saturated carbocycles. The van der Waals surface area contributed by atoms with Crippen molar-refractivity contribution in [3.63, 3.8) is 0 Å². The van der Waals surface area contributed by atoms with Gasteiger partial charge >= 0.3 is 0 Å². The average molecular weight is 392 g/mol. The Morgan fingerprint density at radius 3 is 2.04 bits per heavy atom. The van der Waals surface area contributed by atoms with E-state index in [0.717, 1.165) is 23.4 Å². The fourth-order valence-corrected chi connectivity index (χ4v) is 3.20. The van der Waals surface area contributed by atoms with E-state index in [0.29, 0.717) is 13.0 Å². The van der Waals surface area contributed by atoms with Crippen LogP contribution in [0.5, 0.6) is 0 Å². The average Bonchev–Trinajstić information content (AvgIpc) is 2.68. The van der Waals surface area contributed by atoms with Crippen molar-refractivity contribution in [1.29, 1.82) is 0 Å². The van der Waals surface area contributed by atoms with E-state index in [1.165, 1.54) is 64.2 Å². The van der Waals surface area contributed by atoms with Crippen molar-refractivity contribution in [2.24, 2.45) is 0 Å². The van der Waals surface area contributed by atoms with Gasteiger partial charge in [-0.15, -0.1) is 0 Å². The SMILES string of the molecule is CCCCCCCC/C=C\CCCCCCC(=O)NCc1ccc(Cl)cc1. The zero-order valence-electron chi connectivity index (χ0n) is 17.1. The van der Waals surface area contributed by atoms with E-state index in [9.17, 15) is 4.79 Å². The van der Waals surface area contributed by atoms with E-state index in [1.807, 2.05) is 24.3 Å². The van der Waals surface area contributed by atoms with Crippen LogP contribution in [0.15, 0.2) is 36.4 Å². The molecule has 0 fully saturated rings. The van der Waals surface area contributed by atoms with Gasteiger partial charge in [0.05, 0.1) is 0 Å². The van der Waals surface area contributed by atoms with Crippen molar-refractivity contribution in [3.05, 3.63) is 47.0 Å². The van der Waals surface area contributed by atoms with Gasteiger partial charge < -0.3 is 5.32 Å². The Kier molecular flexibility index (Phi) is 14.8. The number of nitrogens with one attached hydrogen (secondary N) is 1. The van der Waals surface area contributed by atoms with E-state index >= 15 is 0 Å². The molecule has 0 atom stereocenters. The second-order valence-electron chi connectivity index (χ2n) is 7.38. The molecule has 0 aliphatic rings. The zero-order valence-corrected chi connectivity index (χ0v) is 17.9. The summed E-state index contributed by atoms with van der Waals surface area (Å²) in [4.78, 5) is 11.9. The van der Waals surface area contributed by atoms with Gasteiger partial charge in [0, 0.05) is 18.0 Å². The van der Waals surface area contributed by atoms with Crippen molar-refractivity contribution in [2.75, 3.05) is 0 Å². The molecule has 1 N–H and O–H groups in total. The molecule has 3 heteroatoms. The Morgan fingerprint density at radius 2 is 1.41 bits per heavy atom. The molecule has 0 radical (unpaired) electrons. The summed E-state index contributed by atoms with van der Waals surface area (Å²) >= 11 is 5.86. The predicted octanol–water partition coefficient (Wildman–Crippen LogP) is 7.60. The minimum Gasteiger partial charge on any atom is -0.352 e. The standard InChI is InChI=1S/C24H38ClNO/c1-2-3-4-5-6-7-8-9-10-11-12-13-14-15-16-24(27)26-21-22-17-19-23(25)20-18-22/h9-10,17-20H,2-8,11-16,21H2,1H3,(H,26,27)/b10-9-. The Labute approximate surface area is 171 Å². The number of unbranched alkanes of at least 4 members (excludes halogenated alkanes) is 10. The summed E-state index contributed by atoms with van der Waals surface area (Å²) in [6.07, 6.45) is 20.5. The van der Waals surface area contributed by atoms with E-state index in [-0.39, 0.29) is 5.91 Å². The summed E-state index contributed by atoms with van der Waals surface area (Å²) in [6, 6.07) is 7.60. The number of benzene rings is 1. The minimum atomic E-state index is 0.142. The fraction of sp³-hybridized carbons (Fsp3) is 0.625. The lowest BCUT2D eigenvalue weighted by atomic mass is 10.1. The first-order valence-corrected chi connectivity index (χ1v) is 11.3. The number of hydrogen-bond acceptors (Lipinski definition) is 1. The van der Waals surface area contributed by atoms with Crippen LogP contribution >= 0.6 is 11.6 Å². The maximum atomic E-state index is 11.9. The molecule has 0 spiro atoms. The Balaban J connectivity index is 1.87. The van der Waals surface area contributed by atoms with Gasteiger partial charge in [0.2, 0.25) is 5.91 Å². The summed E-state index contributed by atoms with van der Waals surface area (Å²) in [6.45, 7) is 2.85. The number of amides is 1. The van der Waals surface area contributed by atoms with Gasteiger partial charge in [0.1, 0.15) is 0 Å². The van der Waals surface area contributed by atoms with Crippen LogP contribution in [-0.4, -0.2) is 5.91 Å². The van der Waals surface area contributed by atoms with Crippen LogP contribution in [0.25, 0.3) is 0 Å². The third-order valence-corrected chi connectivity index (χ3v) is 5.07. The molecule has 0 saturated heterocycles. The third kappa shape index (κ3) is 14.4. The Bertz CT molecular complexity index is 510. The monoisotopic (exact) mass is 391 g/mol. The van der Waals surface area contributed by atoms with Crippen molar-refractivity contribution >= 4 is 17.5 Å². The van der Waals surface area contributed by atoms with Gasteiger partial charge in [-0.2, -0.15) is 0 Å². The van der Waals surface area contributed by atoms with Gasteiger partial charge in [-0.3, -0.25) is 4.79 Å². The molecule has 0 unspecified atom stereocenters. The molecule has 0 heterocycles. The lowest BCUT2D eigenvalue weighted by molar-refractivity contribution is -0.121. The highest BCUT2D eigenvalue weighted by Gasteiger charge is 2.01. The number of allylic oxidation sites excluding steroid dienone is 2. The molecule has 152 valence electrons. The maximum Gasteiger partial charge on any atom is 0.220 e. The van der Waals surface area contributed by atoms with E-state index < -0.39 is 0 Å². The van der Waals surface area contributed by atoms with Crippen LogP contribution in [0.1, 0.15) is 96.0 Å². The van der Waals surface area contributed by atoms with Gasteiger partial charge in [-0.1, -0.05) is 87.8 Å². The van der Waals surface area contributed by atoms with Crippen LogP contribution in [0.3, 0.4) is 0 Å². The lowest BCUT2D eigenvalue weighted by Gasteiger charge is -2.05. The lowest BCUT2D eigenvalue weighted by Crippen LogP contribution is -2.22. The minimum absolute atomic E-state index is 0.142. The molecule has 27 heavy (non-hydrogen) atoms. The quantitative estimate of drug-likeness (QED) is 0.228. The van der Waals surface area contributed by atoms with Crippen molar-refractivity contribution in [1.82, 2.24) is 5.32 Å². The maximum absolute atomic E-state index is 11.9. The number of carbonyl (C=O) groups is 1. The third-order valence-electron chi connectivity index (χ3n) is 4.82. The second kappa shape index (κ2) is 16.9. The molecule has 1 amide bonds. The summed E-state index contributed by atoms with van der Waals surface area (Å²) in [5.74, 6) is 0.142. The van der Waals surface area contributed by atoms with Crippen molar-refractivity contribution in [2.45, 2.75) is 96.9 Å². The summed E-state index contributed by atoms with van der Waals surface area (Å²) in [5.41, 5.74) is 1.08. The molecule has 0 aliphatic heterocycles. The first-order valence-electron chi connectivity index (χ1n) is 10.9. The summed E-state index contributed by atoms with van der Waals surface area (Å²) < 4.78 is 0. The largest absolute Gasteiger partial charge is 0.352 e. The van der Waals surface area contributed by atoms with Gasteiger partial charge in [0.25, 0.3) is 0 Å². The van der Waals surface area contributed by atoms with Gasteiger partial charge in [-0.25, -0.2) is 0 Å².